The molecule has 81 heavy (non-hydrogen) atoms. The topological polar surface area (TPSA) is 417 Å². The van der Waals surface area contributed by atoms with Gasteiger partial charge in [0.15, 0.2) is 5.71 Å². The first-order valence-corrected chi connectivity index (χ1v) is 32.4. The largest absolute Gasteiger partial charge is 0.490 e. The number of hydrogen-bond donors (Lipinski definition) is 10. The van der Waals surface area contributed by atoms with Gasteiger partial charge in [-0.1, -0.05) is 44.6 Å². The first kappa shape index (κ1) is 64.9. The number of phosphoric ester groups is 1. The zero-order valence-electron chi connectivity index (χ0n) is 44.5. The number of fused-ring (bicyclic) bond motifs is 2. The van der Waals surface area contributed by atoms with E-state index in [0.29, 0.717) is 57.2 Å². The second-order valence-corrected chi connectivity index (χ2v) is 27.4. The van der Waals surface area contributed by atoms with Crippen molar-refractivity contribution in [1.29, 1.82) is 0 Å². The Bertz CT molecular complexity index is 3600. The maximum atomic E-state index is 12.7. The maximum absolute atomic E-state index is 12.7. The van der Waals surface area contributed by atoms with Crippen LogP contribution in [0.4, 0.5) is 11.4 Å². The minimum Gasteiger partial charge on any atom is -0.390 e. The molecule has 0 spiro atoms. The van der Waals surface area contributed by atoms with Crippen LogP contribution in [0.1, 0.15) is 108 Å². The van der Waals surface area contributed by atoms with Gasteiger partial charge >= 0.3 is 29.2 Å². The van der Waals surface area contributed by atoms with Gasteiger partial charge in [0.25, 0.3) is 25.8 Å². The number of benzene rings is 2. The van der Waals surface area contributed by atoms with Crippen molar-refractivity contribution in [3.05, 3.63) is 104 Å². The number of nitrogens with one attached hydrogen (secondary N) is 3. The fraction of sp³-hybridized carbons (Fsp3) is 0.479. The van der Waals surface area contributed by atoms with Gasteiger partial charge in [-0.3, -0.25) is 37.6 Å². The molecule has 1 aromatic heterocycles. The van der Waals surface area contributed by atoms with Gasteiger partial charge in [-0.2, -0.15) is 30.0 Å². The molecule has 1 fully saturated rings. The number of anilines is 1. The van der Waals surface area contributed by atoms with E-state index in [1.165, 1.54) is 24.3 Å². The summed E-state index contributed by atoms with van der Waals surface area (Å²) in [6.07, 6.45) is 6.35. The van der Waals surface area contributed by atoms with Gasteiger partial charge in [0.1, 0.15) is 24.9 Å². The van der Waals surface area contributed by atoms with E-state index in [1.54, 1.807) is 12.1 Å². The standard InChI is InChI=1S/C48H63N6O22P3S2/c1-47(2)34-26-32(80(67,68)69)19-21-36(34)52(5)40(47)15-12-16-41-48(3,4)35-27-33(81(70,71)72)20-22-37(35)53(41)25-11-7-9-18-42(56)49-23-10-6-8-17-43(57)50-24-13-14-31-29-54(46(59)51-45(31)58)44-28-38(55)39(74-44)30-73-78(63,64)76-79(65,66)75-77(60,61)62/h12,15-16,19-22,26-27,29,38-39,44,55H,6-11,17-18,23-25,28,30H2,1-5H3,(H8-,49,50,51,56,57,58,59,60,61,62,63,64,65,66,67,68,69,70,71,72)/p+1/t38-,39-,44-/m1/s1. The number of phosphoric acid groups is 3. The highest BCUT2D eigenvalue weighted by Crippen LogP contribution is 2.66. The van der Waals surface area contributed by atoms with Crippen LogP contribution in [0.2, 0.25) is 0 Å². The monoisotopic (exact) mass is 1230 g/mol. The molecule has 0 bridgehead atoms. The van der Waals surface area contributed by atoms with Crippen LogP contribution >= 0.6 is 23.5 Å². The molecular weight excluding hydrogens is 1170 g/mol. The molecule has 3 aromatic rings. The fourth-order valence-corrected chi connectivity index (χ4v) is 13.6. The summed E-state index contributed by atoms with van der Waals surface area (Å²) in [6.45, 7) is 7.58. The SMILES string of the molecule is C[N+]1=C(/C=C/C=C2/N(CCCCCC(=O)NCCCCCC(=O)NCC#Cc3cn([C@H]4C[C@@H](O)[C@@H](COP(=O)(O)OP(=O)(O)OP(=O)(O)O)O4)c(=O)[nH]c3=O)c3ccc(S(=O)(=O)O)cc3C2(C)C)C(C)(C)c2cc(S(=O)(=O)O)ccc21. The molecule has 2 aromatic carbocycles. The first-order chi connectivity index (χ1) is 37.5. The third-order valence-electron chi connectivity index (χ3n) is 13.6. The molecule has 0 radical (unpaired) electrons. The number of amides is 2. The van der Waals surface area contributed by atoms with Crippen LogP contribution in [0.15, 0.2) is 85.9 Å². The number of aromatic nitrogens is 2. The molecule has 2 unspecified atom stereocenters. The summed E-state index contributed by atoms with van der Waals surface area (Å²) in [5.41, 5.74) is 1.26. The van der Waals surface area contributed by atoms with Crippen molar-refractivity contribution in [3.63, 3.8) is 0 Å². The van der Waals surface area contributed by atoms with Crippen LogP contribution in [0.25, 0.3) is 0 Å². The molecule has 28 nitrogen and oxygen atoms in total. The summed E-state index contributed by atoms with van der Waals surface area (Å²) < 4.78 is 122. The summed E-state index contributed by atoms with van der Waals surface area (Å²) in [4.78, 5) is 90.3. The van der Waals surface area contributed by atoms with Crippen molar-refractivity contribution in [1.82, 2.24) is 20.2 Å². The number of unbranched alkanes of at least 4 members (excludes halogenated alkanes) is 4. The number of ether oxygens (including phenoxy) is 1. The molecular formula is C48H64N6O22P3S2+. The van der Waals surface area contributed by atoms with E-state index >= 15 is 0 Å². The third kappa shape index (κ3) is 16.9. The van der Waals surface area contributed by atoms with Crippen LogP contribution in [0.3, 0.4) is 0 Å². The molecule has 3 aliphatic heterocycles. The van der Waals surface area contributed by atoms with Gasteiger partial charge in [0.05, 0.1) is 34.5 Å². The molecule has 6 rings (SSSR count). The summed E-state index contributed by atoms with van der Waals surface area (Å²) >= 11 is 0. The van der Waals surface area contributed by atoms with Crippen LogP contribution in [-0.4, -0.2) is 128 Å². The number of aromatic amines is 1. The number of nitrogens with zero attached hydrogens (tertiary/aromatic N) is 3. The van der Waals surface area contributed by atoms with E-state index in [-0.39, 0.29) is 53.0 Å². The normalized spacial score (nSPS) is 20.6. The molecule has 2 amide bonds. The lowest BCUT2D eigenvalue weighted by Crippen LogP contribution is -2.33. The Morgan fingerprint density at radius 3 is 2.11 bits per heavy atom. The average Bonchev–Trinajstić information content (AvgIpc) is 3.88. The summed E-state index contributed by atoms with van der Waals surface area (Å²) in [5, 5.41) is 15.9. The van der Waals surface area contributed by atoms with Crippen LogP contribution in [0.5, 0.6) is 0 Å². The van der Waals surface area contributed by atoms with Crippen LogP contribution in [-0.2, 0) is 72.2 Å². The first-order valence-electron chi connectivity index (χ1n) is 25.0. The Hall–Kier alpha value is -5.28. The number of aliphatic hydroxyl groups excluding tert-OH is 1. The summed E-state index contributed by atoms with van der Waals surface area (Å²) in [5.74, 6) is 4.66. The van der Waals surface area contributed by atoms with Gasteiger partial charge < -0.3 is 45.0 Å². The lowest BCUT2D eigenvalue weighted by molar-refractivity contribution is -0.401. The van der Waals surface area contributed by atoms with E-state index in [9.17, 15) is 73.7 Å². The predicted octanol–water partition coefficient (Wildman–Crippen LogP) is 3.67. The van der Waals surface area contributed by atoms with E-state index in [2.05, 4.69) is 40.5 Å². The molecule has 10 N–H and O–H groups in total. The second kappa shape index (κ2) is 25.7. The lowest BCUT2D eigenvalue weighted by atomic mass is 9.81. The number of allylic oxidation sites excluding steroid dienone is 4. The van der Waals surface area contributed by atoms with Crippen molar-refractivity contribution < 1.29 is 96.4 Å². The molecule has 5 atom stereocenters. The number of carbonyl (C=O) groups is 2. The van der Waals surface area contributed by atoms with Crippen molar-refractivity contribution in [2.45, 2.75) is 125 Å². The Morgan fingerprint density at radius 1 is 0.852 bits per heavy atom. The van der Waals surface area contributed by atoms with Crippen molar-refractivity contribution >= 4 is 72.6 Å². The molecule has 0 aliphatic carbocycles. The Balaban J connectivity index is 0.917. The zero-order chi connectivity index (χ0) is 60.1. The third-order valence-corrected chi connectivity index (χ3v) is 19.1. The van der Waals surface area contributed by atoms with Crippen molar-refractivity contribution in [2.24, 2.45) is 0 Å². The highest BCUT2D eigenvalue weighted by molar-refractivity contribution is 7.86. The molecule has 33 heteroatoms. The summed E-state index contributed by atoms with van der Waals surface area (Å²) in [6, 6.07) is 8.98. The zero-order valence-corrected chi connectivity index (χ0v) is 48.8. The number of aliphatic hydroxyl groups is 1. The molecule has 0 saturated carbocycles. The van der Waals surface area contributed by atoms with Gasteiger partial charge in [-0.25, -0.2) is 18.5 Å². The smallest absolute Gasteiger partial charge is 0.390 e. The molecule has 1 saturated heterocycles. The average molecular weight is 1230 g/mol. The summed E-state index contributed by atoms with van der Waals surface area (Å²) in [7, 11) is -24.0. The number of rotatable bonds is 25. The fourth-order valence-electron chi connectivity index (χ4n) is 9.56. The quantitative estimate of drug-likeness (QED) is 0.0190. The van der Waals surface area contributed by atoms with E-state index in [0.717, 1.165) is 39.1 Å². The van der Waals surface area contributed by atoms with Gasteiger partial charge in [-0.05, 0) is 81.5 Å². The van der Waals surface area contributed by atoms with E-state index in [1.807, 2.05) is 62.5 Å². The predicted molar refractivity (Wildman–Crippen MR) is 289 cm³/mol. The van der Waals surface area contributed by atoms with Crippen LogP contribution in [0, 0.1) is 11.8 Å². The highest BCUT2D eigenvalue weighted by atomic mass is 32.2. The number of hydrogen-bond acceptors (Lipinski definition) is 17. The molecule has 3 aliphatic rings. The minimum atomic E-state index is -5.80. The van der Waals surface area contributed by atoms with Gasteiger partial charge in [-0.15, -0.1) is 0 Å². The minimum absolute atomic E-state index is 0.129. The van der Waals surface area contributed by atoms with Crippen molar-refractivity contribution in [2.75, 3.05) is 38.2 Å². The van der Waals surface area contributed by atoms with Gasteiger partial charge in [0, 0.05) is 73.1 Å². The van der Waals surface area contributed by atoms with Crippen LogP contribution < -0.4 is 26.8 Å². The molecule has 444 valence electrons. The van der Waals surface area contributed by atoms with E-state index in [4.69, 9.17) is 14.5 Å². The highest BCUT2D eigenvalue weighted by Gasteiger charge is 2.46. The van der Waals surface area contributed by atoms with Crippen molar-refractivity contribution in [3.8, 4) is 11.8 Å². The number of H-pyrrole nitrogens is 1. The lowest BCUT2D eigenvalue weighted by Gasteiger charge is -2.27. The van der Waals surface area contributed by atoms with E-state index < -0.39 is 90.8 Å². The van der Waals surface area contributed by atoms with Gasteiger partial charge in [0.2, 0.25) is 17.5 Å². The Labute approximate surface area is 465 Å². The Morgan fingerprint density at radius 2 is 1.47 bits per heavy atom. The Kier molecular flexibility index (Phi) is 20.6. The second-order valence-electron chi connectivity index (χ2n) is 20.1. The number of carbonyl (C=O) groups excluding carboxylic acids is 2. The molecule has 4 heterocycles. The maximum Gasteiger partial charge on any atom is 0.490 e.